The number of carbonyl (C=O) groups excluding carboxylic acids is 1. The summed E-state index contributed by atoms with van der Waals surface area (Å²) >= 11 is 0. The number of carbonyl (C=O) groups is 1. The monoisotopic (exact) mass is 514 g/mol. The second-order valence-electron chi connectivity index (χ2n) is 9.43. The lowest BCUT2D eigenvalue weighted by Crippen LogP contribution is -2.51. The smallest absolute Gasteiger partial charge is 0.319 e. The van der Waals surface area contributed by atoms with Gasteiger partial charge in [-0.1, -0.05) is 30.3 Å². The van der Waals surface area contributed by atoms with Crippen molar-refractivity contribution >= 4 is 22.6 Å². The SMILES string of the molecule is COc1cc2c(c(OC)c1)C(CCNC(=O)Nc1ccnc3ccccc13)(Cc1ccc(F)cc1)NCC2. The Morgan fingerprint density at radius 2 is 1.89 bits per heavy atom. The quantitative estimate of drug-likeness (QED) is 0.302. The lowest BCUT2D eigenvalue weighted by Gasteiger charge is -2.42. The molecule has 2 amide bonds. The van der Waals surface area contributed by atoms with Crippen LogP contribution in [-0.4, -0.2) is 38.3 Å². The number of ether oxygens (including phenoxy) is 2. The summed E-state index contributed by atoms with van der Waals surface area (Å²) in [7, 11) is 3.29. The summed E-state index contributed by atoms with van der Waals surface area (Å²) in [4.78, 5) is 17.3. The molecule has 196 valence electrons. The van der Waals surface area contributed by atoms with Crippen LogP contribution in [0, 0.1) is 5.82 Å². The fourth-order valence-corrected chi connectivity index (χ4v) is 5.35. The molecule has 3 N–H and O–H groups in total. The number of methoxy groups -OCH3 is 2. The molecule has 0 aliphatic carbocycles. The Morgan fingerprint density at radius 1 is 1.08 bits per heavy atom. The molecular weight excluding hydrogens is 483 g/mol. The van der Waals surface area contributed by atoms with Crippen LogP contribution in [0.3, 0.4) is 0 Å². The van der Waals surface area contributed by atoms with Crippen molar-refractivity contribution in [2.45, 2.75) is 24.8 Å². The van der Waals surface area contributed by atoms with Crippen molar-refractivity contribution in [1.82, 2.24) is 15.6 Å². The number of nitrogens with zero attached hydrogens (tertiary/aromatic N) is 1. The largest absolute Gasteiger partial charge is 0.497 e. The Balaban J connectivity index is 1.40. The van der Waals surface area contributed by atoms with Crippen LogP contribution in [0.2, 0.25) is 0 Å². The first kappa shape index (κ1) is 25.5. The number of rotatable bonds is 8. The van der Waals surface area contributed by atoms with Crippen LogP contribution in [0.15, 0.2) is 72.9 Å². The second kappa shape index (κ2) is 11.1. The van der Waals surface area contributed by atoms with Crippen molar-refractivity contribution in [2.75, 3.05) is 32.6 Å². The topological polar surface area (TPSA) is 84.5 Å². The van der Waals surface area contributed by atoms with Crippen LogP contribution in [0.4, 0.5) is 14.9 Å². The highest BCUT2D eigenvalue weighted by Gasteiger charge is 2.39. The molecule has 1 aliphatic heterocycles. The first-order valence-corrected chi connectivity index (χ1v) is 12.6. The first-order valence-electron chi connectivity index (χ1n) is 12.6. The highest BCUT2D eigenvalue weighted by Crippen LogP contribution is 2.42. The number of anilines is 1. The molecular formula is C30H31FN4O3. The molecule has 0 radical (unpaired) electrons. The fraction of sp³-hybridized carbons (Fsp3) is 0.267. The Morgan fingerprint density at radius 3 is 2.68 bits per heavy atom. The van der Waals surface area contributed by atoms with E-state index in [0.29, 0.717) is 25.1 Å². The summed E-state index contributed by atoms with van der Waals surface area (Å²) in [5, 5.41) is 10.6. The van der Waals surface area contributed by atoms with Gasteiger partial charge in [0.25, 0.3) is 0 Å². The van der Waals surface area contributed by atoms with Gasteiger partial charge in [0.1, 0.15) is 17.3 Å². The van der Waals surface area contributed by atoms with E-state index in [-0.39, 0.29) is 11.8 Å². The van der Waals surface area contributed by atoms with Gasteiger partial charge in [-0.2, -0.15) is 0 Å². The average molecular weight is 515 g/mol. The summed E-state index contributed by atoms with van der Waals surface area (Å²) in [5.41, 5.74) is 4.13. The van der Waals surface area contributed by atoms with E-state index in [4.69, 9.17) is 9.47 Å². The van der Waals surface area contributed by atoms with Crippen LogP contribution in [0.1, 0.15) is 23.1 Å². The number of aromatic nitrogens is 1. The van der Waals surface area contributed by atoms with E-state index in [1.165, 1.54) is 12.1 Å². The van der Waals surface area contributed by atoms with Crippen LogP contribution in [0.25, 0.3) is 10.9 Å². The molecule has 0 spiro atoms. The van der Waals surface area contributed by atoms with E-state index in [1.54, 1.807) is 38.6 Å². The number of pyridine rings is 1. The minimum Gasteiger partial charge on any atom is -0.497 e. The molecule has 1 aliphatic rings. The van der Waals surface area contributed by atoms with Gasteiger partial charge in [0, 0.05) is 36.3 Å². The van der Waals surface area contributed by atoms with E-state index in [2.05, 4.69) is 20.9 Å². The van der Waals surface area contributed by atoms with Gasteiger partial charge in [0.2, 0.25) is 0 Å². The minimum atomic E-state index is -0.542. The Bertz CT molecular complexity index is 1420. The summed E-state index contributed by atoms with van der Waals surface area (Å²) in [6.07, 6.45) is 3.68. The van der Waals surface area contributed by atoms with Crippen molar-refractivity contribution in [3.05, 3.63) is 95.4 Å². The van der Waals surface area contributed by atoms with E-state index in [9.17, 15) is 9.18 Å². The third-order valence-electron chi connectivity index (χ3n) is 7.10. The Labute approximate surface area is 221 Å². The van der Waals surface area contributed by atoms with Gasteiger partial charge in [-0.05, 0) is 60.7 Å². The zero-order valence-corrected chi connectivity index (χ0v) is 21.5. The highest BCUT2D eigenvalue weighted by atomic mass is 19.1. The molecule has 7 nitrogen and oxygen atoms in total. The lowest BCUT2D eigenvalue weighted by molar-refractivity contribution is 0.245. The Hall–Kier alpha value is -4.17. The molecule has 1 atom stereocenters. The maximum atomic E-state index is 13.7. The second-order valence-corrected chi connectivity index (χ2v) is 9.43. The zero-order chi connectivity index (χ0) is 26.5. The number of hydrogen-bond acceptors (Lipinski definition) is 5. The van der Waals surface area contributed by atoms with Gasteiger partial charge in [-0.15, -0.1) is 0 Å². The predicted octanol–water partition coefficient (Wildman–Crippen LogP) is 5.19. The normalized spacial score (nSPS) is 16.5. The van der Waals surface area contributed by atoms with Crippen LogP contribution in [-0.2, 0) is 18.4 Å². The van der Waals surface area contributed by atoms with Crippen molar-refractivity contribution in [3.8, 4) is 11.5 Å². The van der Waals surface area contributed by atoms with Crippen molar-refractivity contribution in [1.29, 1.82) is 0 Å². The average Bonchev–Trinajstić information content (AvgIpc) is 2.94. The molecule has 0 saturated heterocycles. The molecule has 1 unspecified atom stereocenters. The van der Waals surface area contributed by atoms with E-state index in [0.717, 1.165) is 52.1 Å². The van der Waals surface area contributed by atoms with Crippen LogP contribution < -0.4 is 25.4 Å². The van der Waals surface area contributed by atoms with E-state index in [1.807, 2.05) is 36.4 Å². The maximum absolute atomic E-state index is 13.7. The summed E-state index contributed by atoms with van der Waals surface area (Å²) in [5.74, 6) is 1.19. The molecule has 4 aromatic rings. The number of para-hydroxylation sites is 1. The van der Waals surface area contributed by atoms with Crippen LogP contribution in [0.5, 0.6) is 11.5 Å². The molecule has 2 heterocycles. The Kier molecular flexibility index (Phi) is 7.42. The zero-order valence-electron chi connectivity index (χ0n) is 21.5. The van der Waals surface area contributed by atoms with Crippen molar-refractivity contribution < 1.29 is 18.7 Å². The highest BCUT2D eigenvalue weighted by molar-refractivity contribution is 6.00. The van der Waals surface area contributed by atoms with Gasteiger partial charge in [0.05, 0.1) is 31.0 Å². The summed E-state index contributed by atoms with van der Waals surface area (Å²) < 4.78 is 25.0. The number of amides is 2. The third-order valence-corrected chi connectivity index (χ3v) is 7.10. The minimum absolute atomic E-state index is 0.274. The van der Waals surface area contributed by atoms with Gasteiger partial charge < -0.3 is 25.4 Å². The molecule has 8 heteroatoms. The molecule has 0 bridgehead atoms. The fourth-order valence-electron chi connectivity index (χ4n) is 5.35. The standard InChI is InChI=1S/C30H31FN4O3/c1-37-23-17-21-11-15-34-30(28(21)27(18-23)38-2,19-20-7-9-22(31)10-8-20)13-16-33-29(36)35-26-12-14-32-25-6-4-3-5-24(25)26/h3-10,12,14,17-18,34H,11,13,15-16,19H2,1-2H3,(H2,32,33,35,36). The van der Waals surface area contributed by atoms with Gasteiger partial charge >= 0.3 is 6.03 Å². The van der Waals surface area contributed by atoms with Gasteiger partial charge in [0.15, 0.2) is 0 Å². The lowest BCUT2D eigenvalue weighted by atomic mass is 9.75. The molecule has 1 aromatic heterocycles. The molecule has 5 rings (SSSR count). The summed E-state index contributed by atoms with van der Waals surface area (Å²) in [6, 6.07) is 19.7. The number of halogens is 1. The van der Waals surface area contributed by atoms with Gasteiger partial charge in [-0.3, -0.25) is 4.98 Å². The number of benzene rings is 3. The predicted molar refractivity (Wildman–Crippen MR) is 146 cm³/mol. The van der Waals surface area contributed by atoms with E-state index < -0.39 is 5.54 Å². The molecule has 38 heavy (non-hydrogen) atoms. The molecule has 0 saturated carbocycles. The summed E-state index contributed by atoms with van der Waals surface area (Å²) in [6.45, 7) is 1.15. The molecule has 3 aromatic carbocycles. The number of nitrogens with one attached hydrogen (secondary N) is 3. The van der Waals surface area contributed by atoms with E-state index >= 15 is 0 Å². The molecule has 0 fully saturated rings. The van der Waals surface area contributed by atoms with Crippen LogP contribution >= 0.6 is 0 Å². The first-order chi connectivity index (χ1) is 18.5. The number of urea groups is 1. The third kappa shape index (κ3) is 5.26. The maximum Gasteiger partial charge on any atom is 0.319 e. The van der Waals surface area contributed by atoms with Crippen molar-refractivity contribution in [3.63, 3.8) is 0 Å². The van der Waals surface area contributed by atoms with Gasteiger partial charge in [-0.25, -0.2) is 9.18 Å². The number of fused-ring (bicyclic) bond motifs is 2. The number of hydrogen-bond donors (Lipinski definition) is 3. The van der Waals surface area contributed by atoms with Crippen molar-refractivity contribution in [2.24, 2.45) is 0 Å².